The van der Waals surface area contributed by atoms with E-state index in [4.69, 9.17) is 0 Å². The van der Waals surface area contributed by atoms with Gasteiger partial charge in [0.2, 0.25) is 0 Å². The van der Waals surface area contributed by atoms with E-state index in [1.54, 1.807) is 0 Å². The molecule has 2 heterocycles. The summed E-state index contributed by atoms with van der Waals surface area (Å²) in [5.41, 5.74) is 5.43. The Labute approximate surface area is 137 Å². The number of benzene rings is 2. The highest BCUT2D eigenvalue weighted by Gasteiger charge is 2.23. The van der Waals surface area contributed by atoms with Crippen molar-refractivity contribution in [3.63, 3.8) is 0 Å². The highest BCUT2D eigenvalue weighted by atomic mass is 15.1. The van der Waals surface area contributed by atoms with Gasteiger partial charge in [0.15, 0.2) is 0 Å². The smallest absolute Gasteiger partial charge is 0.0497 e. The molecule has 2 atom stereocenters. The Morgan fingerprint density at radius 2 is 1.78 bits per heavy atom. The molecule has 0 radical (unpaired) electrons. The average Bonchev–Trinajstić information content (AvgIpc) is 3.04. The fourth-order valence-corrected chi connectivity index (χ4v) is 3.61. The molecule has 0 saturated carbocycles. The quantitative estimate of drug-likeness (QED) is 0.734. The third kappa shape index (κ3) is 2.71. The molecule has 0 bridgehead atoms. The lowest BCUT2D eigenvalue weighted by Crippen LogP contribution is -2.21. The van der Waals surface area contributed by atoms with Crippen molar-refractivity contribution in [3.05, 3.63) is 89.7 Å². The van der Waals surface area contributed by atoms with Gasteiger partial charge in [0.05, 0.1) is 0 Å². The molecular weight excluding hydrogens is 280 g/mol. The van der Waals surface area contributed by atoms with Crippen LogP contribution in [0.4, 0.5) is 0 Å². The molecule has 0 amide bonds. The maximum Gasteiger partial charge on any atom is 0.0497 e. The number of aromatic nitrogens is 1. The summed E-state index contributed by atoms with van der Waals surface area (Å²) >= 11 is 0. The molecular formula is C21H22N2. The molecule has 0 aliphatic carbocycles. The highest BCUT2D eigenvalue weighted by Crippen LogP contribution is 2.32. The van der Waals surface area contributed by atoms with Gasteiger partial charge in [-0.25, -0.2) is 0 Å². The van der Waals surface area contributed by atoms with E-state index in [9.17, 15) is 0 Å². The number of nitrogens with zero attached hydrogens (tertiary/aromatic N) is 1. The number of fused-ring (bicyclic) bond motifs is 3. The standard InChI is InChI=1S/C21H22N2/c1-16(17-8-3-2-4-9-17)14-19-21-12-7-13-23(21)20-11-6-5-10-18(20)15-22-19/h2-13,16,19,22H,14-15H2,1H3/t16-,19+/m0/s1. The molecule has 116 valence electrons. The lowest BCUT2D eigenvalue weighted by molar-refractivity contribution is 0.459. The van der Waals surface area contributed by atoms with Crippen molar-refractivity contribution in [2.45, 2.75) is 31.8 Å². The van der Waals surface area contributed by atoms with E-state index in [1.807, 2.05) is 0 Å². The van der Waals surface area contributed by atoms with Gasteiger partial charge in [-0.05, 0) is 41.7 Å². The van der Waals surface area contributed by atoms with E-state index < -0.39 is 0 Å². The largest absolute Gasteiger partial charge is 0.319 e. The van der Waals surface area contributed by atoms with Gasteiger partial charge in [0.25, 0.3) is 0 Å². The van der Waals surface area contributed by atoms with Crippen LogP contribution in [0, 0.1) is 0 Å². The van der Waals surface area contributed by atoms with Crippen LogP contribution < -0.4 is 5.32 Å². The van der Waals surface area contributed by atoms with Crippen molar-refractivity contribution < 1.29 is 0 Å². The molecule has 1 N–H and O–H groups in total. The van der Waals surface area contributed by atoms with Crippen molar-refractivity contribution in [2.24, 2.45) is 0 Å². The zero-order valence-corrected chi connectivity index (χ0v) is 13.4. The number of hydrogen-bond acceptors (Lipinski definition) is 1. The Morgan fingerprint density at radius 3 is 2.65 bits per heavy atom. The molecule has 2 nitrogen and oxygen atoms in total. The van der Waals surface area contributed by atoms with Crippen molar-refractivity contribution in [1.82, 2.24) is 9.88 Å². The number of para-hydroxylation sites is 1. The zero-order valence-electron chi connectivity index (χ0n) is 13.4. The SMILES string of the molecule is C[C@@H](C[C@H]1NCc2ccccc2-n2cccc21)c1ccccc1. The summed E-state index contributed by atoms with van der Waals surface area (Å²) in [4.78, 5) is 0. The Morgan fingerprint density at radius 1 is 1.00 bits per heavy atom. The molecule has 4 rings (SSSR count). The Bertz CT molecular complexity index is 788. The van der Waals surface area contributed by atoms with Gasteiger partial charge in [-0.2, -0.15) is 0 Å². The van der Waals surface area contributed by atoms with Crippen LogP contribution in [0.3, 0.4) is 0 Å². The molecule has 2 heteroatoms. The first-order valence-electron chi connectivity index (χ1n) is 8.37. The third-order valence-corrected chi connectivity index (χ3v) is 4.89. The lowest BCUT2D eigenvalue weighted by Gasteiger charge is -2.22. The van der Waals surface area contributed by atoms with Crippen molar-refractivity contribution in [2.75, 3.05) is 0 Å². The van der Waals surface area contributed by atoms with Gasteiger partial charge in [0, 0.05) is 30.2 Å². The van der Waals surface area contributed by atoms with Crippen LogP contribution >= 0.6 is 0 Å². The minimum atomic E-state index is 0.368. The molecule has 3 aromatic rings. The van der Waals surface area contributed by atoms with Crippen LogP contribution in [0.1, 0.15) is 42.1 Å². The first kappa shape index (κ1) is 14.3. The fraction of sp³-hybridized carbons (Fsp3) is 0.238. The predicted molar refractivity (Wildman–Crippen MR) is 94.8 cm³/mol. The third-order valence-electron chi connectivity index (χ3n) is 4.89. The highest BCUT2D eigenvalue weighted by molar-refractivity contribution is 5.45. The number of nitrogens with one attached hydrogen (secondary N) is 1. The van der Waals surface area contributed by atoms with Crippen LogP contribution in [0.2, 0.25) is 0 Å². The lowest BCUT2D eigenvalue weighted by atomic mass is 9.92. The molecule has 0 fully saturated rings. The van der Waals surface area contributed by atoms with Crippen molar-refractivity contribution >= 4 is 0 Å². The second kappa shape index (κ2) is 6.05. The van der Waals surface area contributed by atoms with Crippen molar-refractivity contribution in [3.8, 4) is 5.69 Å². The first-order valence-corrected chi connectivity index (χ1v) is 8.37. The Balaban J connectivity index is 1.65. The molecule has 0 unspecified atom stereocenters. The molecule has 2 aromatic carbocycles. The van der Waals surface area contributed by atoms with Gasteiger partial charge in [-0.3, -0.25) is 0 Å². The molecule has 1 aliphatic rings. The summed E-state index contributed by atoms with van der Waals surface area (Å²) in [6.07, 6.45) is 3.28. The van der Waals surface area contributed by atoms with E-state index in [1.165, 1.54) is 22.5 Å². The maximum atomic E-state index is 3.76. The van der Waals surface area contributed by atoms with Gasteiger partial charge < -0.3 is 9.88 Å². The van der Waals surface area contributed by atoms with Gasteiger partial charge >= 0.3 is 0 Å². The van der Waals surface area contributed by atoms with Crippen LogP contribution in [0.5, 0.6) is 0 Å². The fourth-order valence-electron chi connectivity index (χ4n) is 3.61. The molecule has 23 heavy (non-hydrogen) atoms. The van der Waals surface area contributed by atoms with Gasteiger partial charge in [-0.1, -0.05) is 55.5 Å². The zero-order chi connectivity index (χ0) is 15.6. The minimum Gasteiger partial charge on any atom is -0.319 e. The normalized spacial score (nSPS) is 17.9. The van der Waals surface area contributed by atoms with Crippen LogP contribution in [-0.4, -0.2) is 4.57 Å². The summed E-state index contributed by atoms with van der Waals surface area (Å²) in [6, 6.07) is 24.2. The summed E-state index contributed by atoms with van der Waals surface area (Å²) in [5, 5.41) is 3.76. The van der Waals surface area contributed by atoms with Crippen LogP contribution in [0.25, 0.3) is 5.69 Å². The first-order chi connectivity index (χ1) is 11.3. The van der Waals surface area contributed by atoms with Gasteiger partial charge in [-0.15, -0.1) is 0 Å². The van der Waals surface area contributed by atoms with E-state index in [0.29, 0.717) is 12.0 Å². The second-order valence-corrected chi connectivity index (χ2v) is 6.41. The monoisotopic (exact) mass is 302 g/mol. The van der Waals surface area contributed by atoms with E-state index >= 15 is 0 Å². The molecule has 1 aromatic heterocycles. The maximum absolute atomic E-state index is 3.76. The summed E-state index contributed by atoms with van der Waals surface area (Å²) in [7, 11) is 0. The Kier molecular flexibility index (Phi) is 3.76. The number of hydrogen-bond donors (Lipinski definition) is 1. The molecule has 0 saturated heterocycles. The number of rotatable bonds is 3. The summed E-state index contributed by atoms with van der Waals surface area (Å²) in [6.45, 7) is 3.24. The topological polar surface area (TPSA) is 17.0 Å². The predicted octanol–water partition coefficient (Wildman–Crippen LogP) is 4.82. The summed E-state index contributed by atoms with van der Waals surface area (Å²) in [5.74, 6) is 0.526. The summed E-state index contributed by atoms with van der Waals surface area (Å²) < 4.78 is 2.34. The van der Waals surface area contributed by atoms with Crippen LogP contribution in [0.15, 0.2) is 72.9 Å². The van der Waals surface area contributed by atoms with Gasteiger partial charge in [0.1, 0.15) is 0 Å². The average molecular weight is 302 g/mol. The van der Waals surface area contributed by atoms with E-state index in [0.717, 1.165) is 13.0 Å². The van der Waals surface area contributed by atoms with E-state index in [2.05, 4.69) is 89.7 Å². The van der Waals surface area contributed by atoms with Crippen LogP contribution in [-0.2, 0) is 6.54 Å². The second-order valence-electron chi connectivity index (χ2n) is 6.41. The van der Waals surface area contributed by atoms with Crippen molar-refractivity contribution in [1.29, 1.82) is 0 Å². The Hall–Kier alpha value is -2.32. The minimum absolute atomic E-state index is 0.368. The molecule has 0 spiro atoms. The van der Waals surface area contributed by atoms with E-state index in [-0.39, 0.29) is 0 Å². The molecule has 1 aliphatic heterocycles.